The van der Waals surface area contributed by atoms with E-state index in [1.54, 1.807) is 0 Å². The fraction of sp³-hybridized carbons (Fsp3) is 0.391. The van der Waals surface area contributed by atoms with Gasteiger partial charge in [-0.2, -0.15) is 0 Å². The molecule has 5 heteroatoms. The number of benzene rings is 2. The van der Waals surface area contributed by atoms with Gasteiger partial charge in [0.05, 0.1) is 5.25 Å². The molecule has 0 bridgehead atoms. The minimum atomic E-state index is -0.203. The second kappa shape index (κ2) is 10.9. The molecule has 0 spiro atoms. The number of para-hydroxylation sites is 1. The van der Waals surface area contributed by atoms with Crippen LogP contribution in [0.25, 0.3) is 0 Å². The largest absolute Gasteiger partial charge is 0.326 e. The SMILES string of the molecule is CCCC(=O)Nc1cccc(SC(CC)C(=O)Nc2c(C)cccc2CC)c1. The molecule has 0 fully saturated rings. The lowest BCUT2D eigenvalue weighted by Crippen LogP contribution is -2.25. The van der Waals surface area contributed by atoms with Crippen molar-refractivity contribution in [2.24, 2.45) is 0 Å². The van der Waals surface area contributed by atoms with Crippen molar-refractivity contribution in [2.75, 3.05) is 10.6 Å². The van der Waals surface area contributed by atoms with E-state index < -0.39 is 0 Å². The lowest BCUT2D eigenvalue weighted by atomic mass is 10.1. The molecular formula is C23H30N2O2S. The molecule has 28 heavy (non-hydrogen) atoms. The summed E-state index contributed by atoms with van der Waals surface area (Å²) in [6, 6.07) is 13.8. The molecular weight excluding hydrogens is 368 g/mol. The van der Waals surface area contributed by atoms with Gasteiger partial charge in [-0.25, -0.2) is 0 Å². The molecule has 0 heterocycles. The summed E-state index contributed by atoms with van der Waals surface area (Å²) in [5.74, 6) is 0.0259. The summed E-state index contributed by atoms with van der Waals surface area (Å²) in [6.07, 6.45) is 2.92. The van der Waals surface area contributed by atoms with Crippen LogP contribution in [0.15, 0.2) is 47.4 Å². The van der Waals surface area contributed by atoms with E-state index >= 15 is 0 Å². The van der Waals surface area contributed by atoms with Gasteiger partial charge in [0.2, 0.25) is 11.8 Å². The quantitative estimate of drug-likeness (QED) is 0.524. The zero-order chi connectivity index (χ0) is 20.5. The number of anilines is 2. The molecule has 0 saturated heterocycles. The first kappa shape index (κ1) is 22.0. The van der Waals surface area contributed by atoms with Crippen molar-refractivity contribution in [2.45, 2.75) is 63.5 Å². The van der Waals surface area contributed by atoms with Crippen molar-refractivity contribution in [3.05, 3.63) is 53.6 Å². The topological polar surface area (TPSA) is 58.2 Å². The van der Waals surface area contributed by atoms with Crippen LogP contribution in [0.2, 0.25) is 0 Å². The van der Waals surface area contributed by atoms with Gasteiger partial charge in [-0.3, -0.25) is 9.59 Å². The highest BCUT2D eigenvalue weighted by molar-refractivity contribution is 8.00. The summed E-state index contributed by atoms with van der Waals surface area (Å²) in [5.41, 5.74) is 3.92. The maximum absolute atomic E-state index is 12.9. The Hall–Kier alpha value is -2.27. The highest BCUT2D eigenvalue weighted by Crippen LogP contribution is 2.30. The Morgan fingerprint density at radius 1 is 1.04 bits per heavy atom. The molecule has 1 unspecified atom stereocenters. The van der Waals surface area contributed by atoms with E-state index in [2.05, 4.69) is 23.6 Å². The Morgan fingerprint density at radius 2 is 1.79 bits per heavy atom. The van der Waals surface area contributed by atoms with Gasteiger partial charge in [-0.15, -0.1) is 11.8 Å². The predicted octanol–water partition coefficient (Wildman–Crippen LogP) is 5.81. The van der Waals surface area contributed by atoms with Gasteiger partial charge < -0.3 is 10.6 Å². The number of hydrogen-bond donors (Lipinski definition) is 2. The van der Waals surface area contributed by atoms with E-state index in [0.717, 1.165) is 46.7 Å². The van der Waals surface area contributed by atoms with Crippen molar-refractivity contribution < 1.29 is 9.59 Å². The Kier molecular flexibility index (Phi) is 8.58. The first-order valence-corrected chi connectivity index (χ1v) is 10.8. The van der Waals surface area contributed by atoms with Gasteiger partial charge in [0.25, 0.3) is 0 Å². The Morgan fingerprint density at radius 3 is 2.46 bits per heavy atom. The first-order chi connectivity index (χ1) is 13.5. The number of hydrogen-bond acceptors (Lipinski definition) is 3. The Bertz CT molecular complexity index is 820. The van der Waals surface area contributed by atoms with Crippen molar-refractivity contribution in [3.63, 3.8) is 0 Å². The average molecular weight is 399 g/mol. The third kappa shape index (κ3) is 6.13. The summed E-state index contributed by atoms with van der Waals surface area (Å²) in [4.78, 5) is 25.7. The zero-order valence-corrected chi connectivity index (χ0v) is 18.0. The summed E-state index contributed by atoms with van der Waals surface area (Å²) in [6.45, 7) is 8.11. The second-order valence-corrected chi connectivity index (χ2v) is 8.07. The number of amides is 2. The van der Waals surface area contributed by atoms with Crippen LogP contribution < -0.4 is 10.6 Å². The van der Waals surface area contributed by atoms with Gasteiger partial charge in [0.1, 0.15) is 0 Å². The second-order valence-electron chi connectivity index (χ2n) is 6.79. The summed E-state index contributed by atoms with van der Waals surface area (Å²) in [5, 5.41) is 5.85. The van der Waals surface area contributed by atoms with E-state index in [1.165, 1.54) is 11.8 Å². The average Bonchev–Trinajstić information content (AvgIpc) is 2.68. The fourth-order valence-electron chi connectivity index (χ4n) is 2.99. The molecule has 2 aromatic rings. The monoisotopic (exact) mass is 398 g/mol. The molecule has 2 aromatic carbocycles. The number of carbonyl (C=O) groups excluding carboxylic acids is 2. The molecule has 0 aromatic heterocycles. The normalized spacial score (nSPS) is 11.7. The molecule has 1 atom stereocenters. The smallest absolute Gasteiger partial charge is 0.237 e. The summed E-state index contributed by atoms with van der Waals surface area (Å²) in [7, 11) is 0. The number of carbonyl (C=O) groups is 2. The molecule has 150 valence electrons. The lowest BCUT2D eigenvalue weighted by molar-refractivity contribution is -0.116. The summed E-state index contributed by atoms with van der Waals surface area (Å²) >= 11 is 1.53. The lowest BCUT2D eigenvalue weighted by Gasteiger charge is -2.18. The first-order valence-electron chi connectivity index (χ1n) is 9.94. The van der Waals surface area contributed by atoms with E-state index in [-0.39, 0.29) is 17.1 Å². The highest BCUT2D eigenvalue weighted by Gasteiger charge is 2.20. The van der Waals surface area contributed by atoms with Crippen molar-refractivity contribution >= 4 is 35.0 Å². The van der Waals surface area contributed by atoms with Gasteiger partial charge in [0, 0.05) is 22.7 Å². The minimum Gasteiger partial charge on any atom is -0.326 e. The van der Waals surface area contributed by atoms with Crippen LogP contribution in [-0.2, 0) is 16.0 Å². The van der Waals surface area contributed by atoms with Crippen molar-refractivity contribution in [1.29, 1.82) is 0 Å². The van der Waals surface area contributed by atoms with Crippen LogP contribution in [0, 0.1) is 6.92 Å². The van der Waals surface area contributed by atoms with Crippen LogP contribution >= 0.6 is 11.8 Å². The third-order valence-corrected chi connectivity index (χ3v) is 5.88. The van der Waals surface area contributed by atoms with Crippen LogP contribution in [0.5, 0.6) is 0 Å². The molecule has 0 saturated carbocycles. The minimum absolute atomic E-state index is 0.0110. The molecule has 2 N–H and O–H groups in total. The van der Waals surface area contributed by atoms with Gasteiger partial charge in [-0.05, 0) is 55.5 Å². The zero-order valence-electron chi connectivity index (χ0n) is 17.2. The molecule has 0 aliphatic heterocycles. The molecule has 0 radical (unpaired) electrons. The van der Waals surface area contributed by atoms with Crippen LogP contribution in [-0.4, -0.2) is 17.1 Å². The van der Waals surface area contributed by atoms with Gasteiger partial charge in [0.15, 0.2) is 0 Å². The number of nitrogens with one attached hydrogen (secondary N) is 2. The molecule has 0 aliphatic carbocycles. The Labute approximate surface area is 172 Å². The predicted molar refractivity (Wildman–Crippen MR) is 119 cm³/mol. The van der Waals surface area contributed by atoms with E-state index in [0.29, 0.717) is 6.42 Å². The van der Waals surface area contributed by atoms with Crippen LogP contribution in [0.3, 0.4) is 0 Å². The highest BCUT2D eigenvalue weighted by atomic mass is 32.2. The number of thioether (sulfide) groups is 1. The van der Waals surface area contributed by atoms with Gasteiger partial charge >= 0.3 is 0 Å². The molecule has 2 amide bonds. The molecule has 2 rings (SSSR count). The van der Waals surface area contributed by atoms with Crippen LogP contribution in [0.1, 0.15) is 51.2 Å². The van der Waals surface area contributed by atoms with E-state index in [4.69, 9.17) is 0 Å². The molecule has 0 aliphatic rings. The van der Waals surface area contributed by atoms with E-state index in [1.807, 2.05) is 57.2 Å². The Balaban J connectivity index is 2.10. The summed E-state index contributed by atoms with van der Waals surface area (Å²) < 4.78 is 0. The fourth-order valence-corrected chi connectivity index (χ4v) is 4.00. The molecule has 4 nitrogen and oxygen atoms in total. The maximum atomic E-state index is 12.9. The van der Waals surface area contributed by atoms with E-state index in [9.17, 15) is 9.59 Å². The standard InChI is InChI=1S/C23H30N2O2S/c1-5-10-21(26)24-18-13-9-14-19(15-18)28-20(7-3)23(27)25-22-16(4)11-8-12-17(22)6-2/h8-9,11-15,20H,5-7,10H2,1-4H3,(H,24,26)(H,25,27). The number of aryl methyl sites for hydroxylation is 2. The van der Waals surface area contributed by atoms with Crippen molar-refractivity contribution in [3.8, 4) is 0 Å². The maximum Gasteiger partial charge on any atom is 0.237 e. The number of rotatable bonds is 9. The van der Waals surface area contributed by atoms with Gasteiger partial charge in [-0.1, -0.05) is 45.0 Å². The third-order valence-electron chi connectivity index (χ3n) is 4.52. The van der Waals surface area contributed by atoms with Crippen LogP contribution in [0.4, 0.5) is 11.4 Å². The van der Waals surface area contributed by atoms with Crippen molar-refractivity contribution in [1.82, 2.24) is 0 Å².